The minimum absolute atomic E-state index is 0.0602. The van der Waals surface area contributed by atoms with Crippen molar-refractivity contribution in [3.05, 3.63) is 69.5 Å². The zero-order valence-corrected chi connectivity index (χ0v) is 14.8. The quantitative estimate of drug-likeness (QED) is 0.618. The molecule has 0 saturated heterocycles. The third-order valence-electron chi connectivity index (χ3n) is 3.34. The molecule has 0 aliphatic heterocycles. The minimum atomic E-state index is -0.412. The summed E-state index contributed by atoms with van der Waals surface area (Å²) in [4.78, 5) is 12.1. The molecule has 0 amide bonds. The first-order chi connectivity index (χ1) is 11.5. The zero-order valence-electron chi connectivity index (χ0n) is 13.2. The second-order valence-corrected chi connectivity index (χ2v) is 6.38. The number of nitrogens with zero attached hydrogens (tertiary/aromatic N) is 2. The molecule has 3 rings (SSSR count). The maximum absolute atomic E-state index is 12.1. The van der Waals surface area contributed by atoms with Gasteiger partial charge in [-0.25, -0.2) is 4.79 Å². The molecule has 0 atom stereocenters. The third-order valence-corrected chi connectivity index (χ3v) is 3.87. The van der Waals surface area contributed by atoms with E-state index >= 15 is 0 Å². The van der Waals surface area contributed by atoms with Crippen LogP contribution in [0.2, 0.25) is 0 Å². The number of hydrogen-bond acceptors (Lipinski definition) is 5. The number of rotatable bonds is 4. The van der Waals surface area contributed by atoms with E-state index in [0.29, 0.717) is 11.5 Å². The molecule has 0 aliphatic rings. The van der Waals surface area contributed by atoms with Crippen molar-refractivity contribution in [3.8, 4) is 11.5 Å². The van der Waals surface area contributed by atoms with Crippen LogP contribution in [0.5, 0.6) is 0 Å². The van der Waals surface area contributed by atoms with Crippen molar-refractivity contribution in [1.29, 1.82) is 0 Å². The Balaban J connectivity index is 1.67. The Labute approximate surface area is 147 Å². The topological polar surface area (TPSA) is 65.2 Å². The highest BCUT2D eigenvalue weighted by molar-refractivity contribution is 9.10. The smallest absolute Gasteiger partial charge is 0.338 e. The van der Waals surface area contributed by atoms with E-state index in [1.807, 2.05) is 44.2 Å². The molecule has 1 aromatic heterocycles. The minimum Gasteiger partial charge on any atom is -0.452 e. The lowest BCUT2D eigenvalue weighted by Gasteiger charge is -2.04. The van der Waals surface area contributed by atoms with Crippen molar-refractivity contribution in [2.45, 2.75) is 20.5 Å². The summed E-state index contributed by atoms with van der Waals surface area (Å²) >= 11 is 3.37. The Morgan fingerprint density at radius 2 is 1.75 bits per heavy atom. The average molecular weight is 387 g/mol. The van der Waals surface area contributed by atoms with Gasteiger partial charge in [-0.05, 0) is 50.2 Å². The SMILES string of the molecule is Cc1cc(C)cc(C(=O)OCc2nnc(-c3ccc(Br)cc3)o2)c1. The van der Waals surface area contributed by atoms with Crippen molar-refractivity contribution < 1.29 is 13.9 Å². The number of carbonyl (C=O) groups excluding carboxylic acids is 1. The van der Waals surface area contributed by atoms with Crippen LogP contribution in [0.3, 0.4) is 0 Å². The number of ether oxygens (including phenoxy) is 1. The van der Waals surface area contributed by atoms with Crippen LogP contribution in [-0.2, 0) is 11.3 Å². The molecule has 0 aliphatic carbocycles. The van der Waals surface area contributed by atoms with E-state index in [0.717, 1.165) is 21.2 Å². The molecule has 1 heterocycles. The van der Waals surface area contributed by atoms with Crippen LogP contribution in [0, 0.1) is 13.8 Å². The van der Waals surface area contributed by atoms with Crippen LogP contribution in [0.1, 0.15) is 27.4 Å². The number of aromatic nitrogens is 2. The molecule has 6 heteroatoms. The fourth-order valence-electron chi connectivity index (χ4n) is 2.32. The number of benzene rings is 2. The number of halogens is 1. The van der Waals surface area contributed by atoms with Crippen LogP contribution < -0.4 is 0 Å². The summed E-state index contributed by atoms with van der Waals surface area (Å²) in [6, 6.07) is 13.1. The second-order valence-electron chi connectivity index (χ2n) is 5.46. The van der Waals surface area contributed by atoms with Crippen molar-refractivity contribution in [1.82, 2.24) is 10.2 Å². The van der Waals surface area contributed by atoms with Gasteiger partial charge in [-0.3, -0.25) is 0 Å². The van der Waals surface area contributed by atoms with Gasteiger partial charge in [0.2, 0.25) is 5.89 Å². The summed E-state index contributed by atoms with van der Waals surface area (Å²) in [5.41, 5.74) is 3.34. The van der Waals surface area contributed by atoms with E-state index in [4.69, 9.17) is 9.15 Å². The Bertz CT molecular complexity index is 852. The Hall–Kier alpha value is -2.47. The van der Waals surface area contributed by atoms with Crippen LogP contribution in [0.4, 0.5) is 0 Å². The predicted molar refractivity (Wildman–Crippen MR) is 92.5 cm³/mol. The lowest BCUT2D eigenvalue weighted by Crippen LogP contribution is -2.06. The fourth-order valence-corrected chi connectivity index (χ4v) is 2.59. The average Bonchev–Trinajstić information content (AvgIpc) is 3.01. The van der Waals surface area contributed by atoms with Crippen LogP contribution >= 0.6 is 15.9 Å². The van der Waals surface area contributed by atoms with Gasteiger partial charge in [-0.2, -0.15) is 0 Å². The molecule has 0 bridgehead atoms. The third kappa shape index (κ3) is 3.89. The van der Waals surface area contributed by atoms with Crippen molar-refractivity contribution in [3.63, 3.8) is 0 Å². The number of aryl methyl sites for hydroxylation is 2. The molecule has 5 nitrogen and oxygen atoms in total. The monoisotopic (exact) mass is 386 g/mol. The van der Waals surface area contributed by atoms with Gasteiger partial charge in [0.05, 0.1) is 5.56 Å². The summed E-state index contributed by atoms with van der Waals surface area (Å²) in [6.07, 6.45) is 0. The number of esters is 1. The molecule has 3 aromatic rings. The van der Waals surface area contributed by atoms with E-state index in [1.165, 1.54) is 0 Å². The lowest BCUT2D eigenvalue weighted by molar-refractivity contribution is 0.0438. The summed E-state index contributed by atoms with van der Waals surface area (Å²) in [7, 11) is 0. The van der Waals surface area contributed by atoms with Crippen molar-refractivity contribution >= 4 is 21.9 Å². The molecule has 2 aromatic carbocycles. The standard InChI is InChI=1S/C18H15BrN2O3/c1-11-7-12(2)9-14(8-11)18(22)23-10-16-20-21-17(24-16)13-3-5-15(19)6-4-13/h3-9H,10H2,1-2H3. The van der Waals surface area contributed by atoms with E-state index in [2.05, 4.69) is 26.1 Å². The molecule has 0 N–H and O–H groups in total. The van der Waals surface area contributed by atoms with Crippen molar-refractivity contribution in [2.75, 3.05) is 0 Å². The summed E-state index contributed by atoms with van der Waals surface area (Å²) in [5.74, 6) is 0.232. The van der Waals surface area contributed by atoms with Crippen LogP contribution in [-0.4, -0.2) is 16.2 Å². The van der Waals surface area contributed by atoms with Gasteiger partial charge in [0, 0.05) is 10.0 Å². The summed E-state index contributed by atoms with van der Waals surface area (Å²) in [5, 5.41) is 7.88. The second kappa shape index (κ2) is 6.97. The molecule has 0 saturated carbocycles. The normalized spacial score (nSPS) is 10.6. The first kappa shape index (κ1) is 16.4. The summed E-state index contributed by atoms with van der Waals surface area (Å²) in [6.45, 7) is 3.81. The van der Waals surface area contributed by atoms with Crippen LogP contribution in [0.15, 0.2) is 51.4 Å². The predicted octanol–water partition coefficient (Wildman–Crippen LogP) is 4.47. The highest BCUT2D eigenvalue weighted by Crippen LogP contribution is 2.21. The van der Waals surface area contributed by atoms with Crippen molar-refractivity contribution in [2.24, 2.45) is 0 Å². The molecular weight excluding hydrogens is 372 g/mol. The van der Waals surface area contributed by atoms with Gasteiger partial charge in [-0.15, -0.1) is 10.2 Å². The van der Waals surface area contributed by atoms with Gasteiger partial charge >= 0.3 is 5.97 Å². The van der Waals surface area contributed by atoms with Gasteiger partial charge in [0.1, 0.15) is 0 Å². The highest BCUT2D eigenvalue weighted by Gasteiger charge is 2.13. The molecule has 0 unspecified atom stereocenters. The summed E-state index contributed by atoms with van der Waals surface area (Å²) < 4.78 is 11.7. The first-order valence-electron chi connectivity index (χ1n) is 7.35. The van der Waals surface area contributed by atoms with Gasteiger partial charge < -0.3 is 9.15 Å². The maximum Gasteiger partial charge on any atom is 0.338 e. The molecule has 122 valence electrons. The van der Waals surface area contributed by atoms with Gasteiger partial charge in [0.15, 0.2) is 6.61 Å². The van der Waals surface area contributed by atoms with Crippen LogP contribution in [0.25, 0.3) is 11.5 Å². The zero-order chi connectivity index (χ0) is 17.1. The molecule has 24 heavy (non-hydrogen) atoms. The Morgan fingerprint density at radius 1 is 1.08 bits per heavy atom. The Kier molecular flexibility index (Phi) is 4.76. The number of carbonyl (C=O) groups is 1. The van der Waals surface area contributed by atoms with E-state index in [9.17, 15) is 4.79 Å². The lowest BCUT2D eigenvalue weighted by atomic mass is 10.1. The molecular formula is C18H15BrN2O3. The van der Waals surface area contributed by atoms with E-state index in [1.54, 1.807) is 12.1 Å². The fraction of sp³-hybridized carbons (Fsp3) is 0.167. The molecule has 0 spiro atoms. The molecule has 0 radical (unpaired) electrons. The first-order valence-corrected chi connectivity index (χ1v) is 8.14. The maximum atomic E-state index is 12.1. The molecule has 0 fully saturated rings. The number of hydrogen-bond donors (Lipinski definition) is 0. The highest BCUT2D eigenvalue weighted by atomic mass is 79.9. The van der Waals surface area contributed by atoms with Gasteiger partial charge in [0.25, 0.3) is 5.89 Å². The largest absolute Gasteiger partial charge is 0.452 e. The van der Waals surface area contributed by atoms with Gasteiger partial charge in [-0.1, -0.05) is 33.1 Å². The van der Waals surface area contributed by atoms with E-state index in [-0.39, 0.29) is 12.5 Å². The Morgan fingerprint density at radius 3 is 2.42 bits per heavy atom. The van der Waals surface area contributed by atoms with E-state index < -0.39 is 5.97 Å².